The summed E-state index contributed by atoms with van der Waals surface area (Å²) in [5.74, 6) is 0.338. The van der Waals surface area contributed by atoms with E-state index in [4.69, 9.17) is 4.74 Å². The Morgan fingerprint density at radius 1 is 1.47 bits per heavy atom. The molecule has 0 aliphatic carbocycles. The quantitative estimate of drug-likeness (QED) is 0.596. The van der Waals surface area contributed by atoms with Gasteiger partial charge >= 0.3 is 0 Å². The third-order valence-electron chi connectivity index (χ3n) is 1.96. The average Bonchev–Trinajstić information content (AvgIpc) is 2.37. The van der Waals surface area contributed by atoms with Gasteiger partial charge in [-0.1, -0.05) is 48.2 Å². The van der Waals surface area contributed by atoms with Crippen LogP contribution < -0.4 is 0 Å². The fourth-order valence-corrected chi connectivity index (χ4v) is 1.91. The smallest absolute Gasteiger partial charge is 0.219 e. The fraction of sp³-hybridized carbons (Fsp3) is 0.308. The maximum absolute atomic E-state index is 11.7. The summed E-state index contributed by atoms with van der Waals surface area (Å²) in [4.78, 5) is 11.7. The van der Waals surface area contributed by atoms with Crippen LogP contribution in [0.15, 0.2) is 43.0 Å². The molecule has 0 fully saturated rings. The zero-order valence-electron chi connectivity index (χ0n) is 9.54. The topological polar surface area (TPSA) is 46.5 Å². The van der Waals surface area contributed by atoms with Gasteiger partial charge < -0.3 is 9.84 Å². The first-order chi connectivity index (χ1) is 8.24. The van der Waals surface area contributed by atoms with Crippen LogP contribution in [0.1, 0.15) is 10.4 Å². The van der Waals surface area contributed by atoms with Crippen molar-refractivity contribution in [1.29, 1.82) is 0 Å². The number of hydrogen-bond acceptors (Lipinski definition) is 4. The van der Waals surface area contributed by atoms with Crippen LogP contribution in [0.5, 0.6) is 0 Å². The van der Waals surface area contributed by atoms with E-state index >= 15 is 0 Å². The van der Waals surface area contributed by atoms with Crippen LogP contribution in [-0.2, 0) is 4.74 Å². The van der Waals surface area contributed by atoms with Gasteiger partial charge in [-0.15, -0.1) is 6.58 Å². The molecule has 0 amide bonds. The Morgan fingerprint density at radius 3 is 2.82 bits per heavy atom. The van der Waals surface area contributed by atoms with Gasteiger partial charge in [-0.25, -0.2) is 0 Å². The van der Waals surface area contributed by atoms with Crippen molar-refractivity contribution in [1.82, 2.24) is 0 Å². The monoisotopic (exact) mass is 252 g/mol. The number of hydrogen-bond donors (Lipinski definition) is 1. The van der Waals surface area contributed by atoms with Gasteiger partial charge in [0.15, 0.2) is 0 Å². The summed E-state index contributed by atoms with van der Waals surface area (Å²) < 4.78 is 5.09. The van der Waals surface area contributed by atoms with E-state index in [1.165, 1.54) is 0 Å². The van der Waals surface area contributed by atoms with Crippen LogP contribution >= 0.6 is 11.8 Å². The largest absolute Gasteiger partial charge is 0.390 e. The lowest BCUT2D eigenvalue weighted by Crippen LogP contribution is -2.19. The van der Waals surface area contributed by atoms with E-state index in [1.54, 1.807) is 18.2 Å². The molecule has 0 saturated carbocycles. The number of aliphatic hydroxyl groups is 1. The first-order valence-corrected chi connectivity index (χ1v) is 6.31. The highest BCUT2D eigenvalue weighted by Gasteiger charge is 2.10. The third kappa shape index (κ3) is 5.68. The van der Waals surface area contributed by atoms with E-state index in [9.17, 15) is 9.90 Å². The number of thioether (sulfide) groups is 1. The molecule has 0 aliphatic rings. The maximum Gasteiger partial charge on any atom is 0.219 e. The molecule has 4 heteroatoms. The third-order valence-corrected chi connectivity index (χ3v) is 3.01. The van der Waals surface area contributed by atoms with E-state index in [2.05, 4.69) is 6.58 Å². The van der Waals surface area contributed by atoms with Gasteiger partial charge in [0, 0.05) is 11.3 Å². The predicted octanol–water partition coefficient (Wildman–Crippen LogP) is 2.12. The van der Waals surface area contributed by atoms with Gasteiger partial charge in [0.25, 0.3) is 0 Å². The summed E-state index contributed by atoms with van der Waals surface area (Å²) in [6, 6.07) is 9.01. The number of carbonyl (C=O) groups excluding carboxylic acids is 1. The van der Waals surface area contributed by atoms with Gasteiger partial charge in [0.05, 0.1) is 19.3 Å². The molecule has 1 rings (SSSR count). The van der Waals surface area contributed by atoms with Crippen molar-refractivity contribution in [3.05, 3.63) is 48.6 Å². The van der Waals surface area contributed by atoms with Crippen molar-refractivity contribution < 1.29 is 14.6 Å². The molecule has 1 atom stereocenters. The van der Waals surface area contributed by atoms with Crippen molar-refractivity contribution in [2.24, 2.45) is 0 Å². The zero-order valence-corrected chi connectivity index (χ0v) is 10.4. The summed E-state index contributed by atoms with van der Waals surface area (Å²) in [6.45, 7) is 4.14. The molecule has 1 N–H and O–H groups in total. The highest BCUT2D eigenvalue weighted by Crippen LogP contribution is 2.13. The summed E-state index contributed by atoms with van der Waals surface area (Å²) in [5, 5.41) is 9.51. The van der Waals surface area contributed by atoms with E-state index in [1.807, 2.05) is 18.2 Å². The second-order valence-electron chi connectivity index (χ2n) is 3.44. The first-order valence-electron chi connectivity index (χ1n) is 5.33. The van der Waals surface area contributed by atoms with Crippen molar-refractivity contribution in [3.8, 4) is 0 Å². The maximum atomic E-state index is 11.7. The normalized spacial score (nSPS) is 12.1. The zero-order chi connectivity index (χ0) is 12.5. The molecule has 17 heavy (non-hydrogen) atoms. The van der Waals surface area contributed by atoms with E-state index in [0.717, 1.165) is 11.8 Å². The molecule has 0 aliphatic heterocycles. The van der Waals surface area contributed by atoms with Crippen LogP contribution in [0.25, 0.3) is 0 Å². The highest BCUT2D eigenvalue weighted by molar-refractivity contribution is 8.14. The second-order valence-corrected chi connectivity index (χ2v) is 4.44. The molecule has 0 bridgehead atoms. The number of aliphatic hydroxyl groups excluding tert-OH is 1. The van der Waals surface area contributed by atoms with Crippen LogP contribution in [0.4, 0.5) is 0 Å². The average molecular weight is 252 g/mol. The van der Waals surface area contributed by atoms with E-state index < -0.39 is 6.10 Å². The molecule has 1 aromatic carbocycles. The summed E-state index contributed by atoms with van der Waals surface area (Å²) in [7, 11) is 0. The van der Waals surface area contributed by atoms with Gasteiger partial charge in [0.1, 0.15) is 0 Å². The molecule has 0 heterocycles. The number of carbonyl (C=O) groups is 1. The van der Waals surface area contributed by atoms with Gasteiger partial charge in [-0.05, 0) is 0 Å². The van der Waals surface area contributed by atoms with Gasteiger partial charge in [-0.2, -0.15) is 0 Å². The van der Waals surface area contributed by atoms with Gasteiger partial charge in [0.2, 0.25) is 5.12 Å². The Hall–Kier alpha value is -1.10. The second kappa shape index (κ2) is 8.06. The Balaban J connectivity index is 2.26. The molecule has 1 aromatic rings. The van der Waals surface area contributed by atoms with Crippen LogP contribution in [0, 0.1) is 0 Å². The lowest BCUT2D eigenvalue weighted by molar-refractivity contribution is 0.0624. The lowest BCUT2D eigenvalue weighted by atomic mass is 10.2. The lowest BCUT2D eigenvalue weighted by Gasteiger charge is -2.09. The van der Waals surface area contributed by atoms with Crippen LogP contribution in [0.2, 0.25) is 0 Å². The number of ether oxygens (including phenoxy) is 1. The Labute approximate surface area is 105 Å². The van der Waals surface area contributed by atoms with Crippen molar-refractivity contribution in [3.63, 3.8) is 0 Å². The number of rotatable bonds is 7. The fourth-order valence-electron chi connectivity index (χ4n) is 1.16. The molecule has 0 spiro atoms. The summed E-state index contributed by atoms with van der Waals surface area (Å²) >= 11 is 1.10. The first kappa shape index (κ1) is 14.0. The molecule has 92 valence electrons. The van der Waals surface area contributed by atoms with E-state index in [0.29, 0.717) is 17.9 Å². The molecule has 1 unspecified atom stereocenters. The summed E-state index contributed by atoms with van der Waals surface area (Å²) in [5.41, 5.74) is 0.650. The highest BCUT2D eigenvalue weighted by atomic mass is 32.2. The number of benzene rings is 1. The minimum atomic E-state index is -0.632. The Morgan fingerprint density at radius 2 is 2.18 bits per heavy atom. The van der Waals surface area contributed by atoms with Crippen molar-refractivity contribution in [2.75, 3.05) is 19.0 Å². The molecule has 0 aromatic heterocycles. The molecule has 0 radical (unpaired) electrons. The Kier molecular flexibility index (Phi) is 6.62. The predicted molar refractivity (Wildman–Crippen MR) is 70.3 cm³/mol. The van der Waals surface area contributed by atoms with Crippen LogP contribution in [-0.4, -0.2) is 35.3 Å². The molecule has 0 saturated heterocycles. The summed E-state index contributed by atoms with van der Waals surface area (Å²) in [6.07, 6.45) is 0.988. The minimum Gasteiger partial charge on any atom is -0.390 e. The molecule has 3 nitrogen and oxygen atoms in total. The minimum absolute atomic E-state index is 0.0339. The van der Waals surface area contributed by atoms with Crippen LogP contribution in [0.3, 0.4) is 0 Å². The van der Waals surface area contributed by atoms with Crippen molar-refractivity contribution >= 4 is 16.9 Å². The standard InChI is InChI=1S/C13H16O3S/c1-2-8-16-9-12(14)10-17-13(15)11-6-4-3-5-7-11/h2-7,12,14H,1,8-10H2. The molecular formula is C13H16O3S. The van der Waals surface area contributed by atoms with Crippen molar-refractivity contribution in [2.45, 2.75) is 6.10 Å². The SMILES string of the molecule is C=CCOCC(O)CSC(=O)c1ccccc1. The Bertz CT molecular complexity index is 351. The molecular weight excluding hydrogens is 236 g/mol. The van der Waals surface area contributed by atoms with Gasteiger partial charge in [-0.3, -0.25) is 4.79 Å². The van der Waals surface area contributed by atoms with E-state index in [-0.39, 0.29) is 11.7 Å².